The number of hydrogen-bond donors (Lipinski definition) is 1. The van der Waals surface area contributed by atoms with Gasteiger partial charge in [-0.05, 0) is 25.7 Å². The topological polar surface area (TPSA) is 77.9 Å². The van der Waals surface area contributed by atoms with Gasteiger partial charge in [0.1, 0.15) is 0 Å². The molecule has 0 saturated carbocycles. The Kier molecular flexibility index (Phi) is 6.22. The largest absolute Gasteiger partial charge is 0.481 e. The van der Waals surface area contributed by atoms with Gasteiger partial charge in [-0.1, -0.05) is 13.8 Å². The first kappa shape index (κ1) is 16.4. The summed E-state index contributed by atoms with van der Waals surface area (Å²) in [5.74, 6) is -1.48. The first-order valence-electron chi connectivity index (χ1n) is 6.91. The summed E-state index contributed by atoms with van der Waals surface area (Å²) in [6.07, 6.45) is 2.69. The number of rotatable bonds is 7. The third kappa shape index (κ3) is 4.15. The molecular formula is C12H24N2O4S. The van der Waals surface area contributed by atoms with E-state index in [1.807, 2.05) is 13.8 Å². The van der Waals surface area contributed by atoms with Crippen molar-refractivity contribution in [3.8, 4) is 0 Å². The minimum Gasteiger partial charge on any atom is -0.481 e. The van der Waals surface area contributed by atoms with Crippen LogP contribution in [0.5, 0.6) is 0 Å². The van der Waals surface area contributed by atoms with Crippen LogP contribution < -0.4 is 0 Å². The Morgan fingerprint density at radius 2 is 1.89 bits per heavy atom. The molecule has 112 valence electrons. The number of aliphatic carboxylic acids is 1. The van der Waals surface area contributed by atoms with Gasteiger partial charge in [0, 0.05) is 26.2 Å². The Hall–Kier alpha value is -0.660. The summed E-state index contributed by atoms with van der Waals surface area (Å²) in [5, 5.41) is 9.03. The van der Waals surface area contributed by atoms with Crippen LogP contribution in [0, 0.1) is 5.92 Å². The number of piperidine rings is 1. The van der Waals surface area contributed by atoms with Crippen LogP contribution in [0.4, 0.5) is 0 Å². The average molecular weight is 292 g/mol. The van der Waals surface area contributed by atoms with Crippen molar-refractivity contribution in [1.29, 1.82) is 0 Å². The molecule has 0 aromatic carbocycles. The summed E-state index contributed by atoms with van der Waals surface area (Å²) in [4.78, 5) is 11.0. The molecule has 0 radical (unpaired) electrons. The second kappa shape index (κ2) is 7.21. The number of carboxylic acids is 1. The van der Waals surface area contributed by atoms with Gasteiger partial charge in [0.05, 0.1) is 5.92 Å². The molecule has 1 N–H and O–H groups in total. The lowest BCUT2D eigenvalue weighted by atomic mass is 10.0. The van der Waals surface area contributed by atoms with Crippen molar-refractivity contribution >= 4 is 16.2 Å². The van der Waals surface area contributed by atoms with Crippen molar-refractivity contribution in [2.45, 2.75) is 39.5 Å². The Morgan fingerprint density at radius 1 is 1.32 bits per heavy atom. The molecule has 19 heavy (non-hydrogen) atoms. The minimum absolute atomic E-state index is 0.0988. The van der Waals surface area contributed by atoms with E-state index < -0.39 is 22.1 Å². The lowest BCUT2D eigenvalue weighted by Gasteiger charge is -2.34. The maximum atomic E-state index is 12.5. The molecular weight excluding hydrogens is 268 g/mol. The third-order valence-corrected chi connectivity index (χ3v) is 5.33. The molecule has 1 atom stereocenters. The molecule has 0 aromatic heterocycles. The highest BCUT2D eigenvalue weighted by Crippen LogP contribution is 2.21. The molecule has 1 saturated heterocycles. The molecule has 1 heterocycles. The molecule has 1 fully saturated rings. The summed E-state index contributed by atoms with van der Waals surface area (Å²) in [6, 6.07) is 0. The van der Waals surface area contributed by atoms with E-state index >= 15 is 0 Å². The van der Waals surface area contributed by atoms with Gasteiger partial charge < -0.3 is 5.11 Å². The monoisotopic (exact) mass is 292 g/mol. The van der Waals surface area contributed by atoms with Crippen molar-refractivity contribution in [3.05, 3.63) is 0 Å². The van der Waals surface area contributed by atoms with E-state index in [4.69, 9.17) is 5.11 Å². The van der Waals surface area contributed by atoms with Gasteiger partial charge in [-0.15, -0.1) is 0 Å². The maximum absolute atomic E-state index is 12.5. The highest BCUT2D eigenvalue weighted by molar-refractivity contribution is 7.86. The van der Waals surface area contributed by atoms with Crippen LogP contribution in [-0.4, -0.2) is 54.3 Å². The smallest absolute Gasteiger partial charge is 0.307 e. The number of carboxylic acid groups (broad SMARTS) is 1. The molecule has 6 nitrogen and oxygen atoms in total. The second-order valence-corrected chi connectivity index (χ2v) is 6.87. The molecule has 0 spiro atoms. The van der Waals surface area contributed by atoms with E-state index in [0.717, 1.165) is 12.8 Å². The standard InChI is InChI=1S/C12H24N2O4S/c1-3-7-13(8-4-2)19(17,18)14-9-5-6-11(10-14)12(15)16/h11H,3-10H2,1-2H3,(H,15,16)/t11-/m0/s1. The van der Waals surface area contributed by atoms with Gasteiger partial charge in [0.15, 0.2) is 0 Å². The van der Waals surface area contributed by atoms with E-state index in [9.17, 15) is 13.2 Å². The zero-order valence-corrected chi connectivity index (χ0v) is 12.5. The zero-order valence-electron chi connectivity index (χ0n) is 11.7. The molecule has 1 aliphatic rings. The summed E-state index contributed by atoms with van der Waals surface area (Å²) in [6.45, 7) is 5.38. The van der Waals surface area contributed by atoms with Crippen LogP contribution in [0.25, 0.3) is 0 Å². The summed E-state index contributed by atoms with van der Waals surface area (Å²) in [7, 11) is -3.51. The van der Waals surface area contributed by atoms with E-state index in [1.54, 1.807) is 0 Å². The summed E-state index contributed by atoms with van der Waals surface area (Å²) >= 11 is 0. The van der Waals surface area contributed by atoms with Crippen LogP contribution in [0.3, 0.4) is 0 Å². The predicted molar refractivity (Wildman–Crippen MR) is 73.0 cm³/mol. The van der Waals surface area contributed by atoms with Gasteiger partial charge in [-0.25, -0.2) is 0 Å². The minimum atomic E-state index is -3.51. The normalized spacial score (nSPS) is 21.7. The first-order valence-corrected chi connectivity index (χ1v) is 8.31. The summed E-state index contributed by atoms with van der Waals surface area (Å²) in [5.41, 5.74) is 0. The van der Waals surface area contributed by atoms with E-state index in [2.05, 4.69) is 0 Å². The van der Waals surface area contributed by atoms with Crippen molar-refractivity contribution in [3.63, 3.8) is 0 Å². The Morgan fingerprint density at radius 3 is 2.37 bits per heavy atom. The quantitative estimate of drug-likeness (QED) is 0.763. The number of nitrogens with zero attached hydrogens (tertiary/aromatic N) is 2. The van der Waals surface area contributed by atoms with Crippen LogP contribution >= 0.6 is 0 Å². The van der Waals surface area contributed by atoms with Crippen molar-refractivity contribution in [1.82, 2.24) is 8.61 Å². The van der Waals surface area contributed by atoms with Crippen LogP contribution in [0.1, 0.15) is 39.5 Å². The number of hydrogen-bond acceptors (Lipinski definition) is 3. The fraction of sp³-hybridized carbons (Fsp3) is 0.917. The molecule has 0 aromatic rings. The van der Waals surface area contributed by atoms with Crippen molar-refractivity contribution < 1.29 is 18.3 Å². The lowest BCUT2D eigenvalue weighted by Crippen LogP contribution is -2.49. The predicted octanol–water partition coefficient (Wildman–Crippen LogP) is 1.15. The van der Waals surface area contributed by atoms with Crippen LogP contribution in [0.2, 0.25) is 0 Å². The van der Waals surface area contributed by atoms with E-state index in [1.165, 1.54) is 8.61 Å². The van der Waals surface area contributed by atoms with Crippen molar-refractivity contribution in [2.24, 2.45) is 5.92 Å². The summed E-state index contributed by atoms with van der Waals surface area (Å²) < 4.78 is 27.8. The van der Waals surface area contributed by atoms with Gasteiger partial charge in [0.25, 0.3) is 10.2 Å². The molecule has 1 rings (SSSR count). The first-order chi connectivity index (χ1) is 8.93. The molecule has 0 amide bonds. The van der Waals surface area contributed by atoms with Crippen LogP contribution in [0.15, 0.2) is 0 Å². The average Bonchev–Trinajstić information content (AvgIpc) is 2.38. The van der Waals surface area contributed by atoms with Gasteiger partial charge in [-0.3, -0.25) is 4.79 Å². The molecule has 0 unspecified atom stereocenters. The highest BCUT2D eigenvalue weighted by atomic mass is 32.2. The zero-order chi connectivity index (χ0) is 14.5. The van der Waals surface area contributed by atoms with E-state index in [-0.39, 0.29) is 6.54 Å². The third-order valence-electron chi connectivity index (χ3n) is 3.33. The fourth-order valence-corrected chi connectivity index (χ4v) is 4.24. The molecule has 0 bridgehead atoms. The van der Waals surface area contributed by atoms with Gasteiger partial charge >= 0.3 is 5.97 Å². The SMILES string of the molecule is CCCN(CCC)S(=O)(=O)N1CCC[C@H](C(=O)O)C1. The highest BCUT2D eigenvalue weighted by Gasteiger charge is 2.35. The van der Waals surface area contributed by atoms with Gasteiger partial charge in [0.2, 0.25) is 0 Å². The second-order valence-electron chi connectivity index (χ2n) is 4.94. The van der Waals surface area contributed by atoms with Gasteiger partial charge in [-0.2, -0.15) is 17.0 Å². The maximum Gasteiger partial charge on any atom is 0.307 e. The van der Waals surface area contributed by atoms with Crippen LogP contribution in [-0.2, 0) is 15.0 Å². The van der Waals surface area contributed by atoms with E-state index in [0.29, 0.717) is 32.5 Å². The number of carbonyl (C=O) groups is 1. The molecule has 7 heteroatoms. The molecule has 0 aliphatic carbocycles. The fourth-order valence-electron chi connectivity index (χ4n) is 2.36. The van der Waals surface area contributed by atoms with Crippen molar-refractivity contribution in [2.75, 3.05) is 26.2 Å². The Labute approximate surface area is 115 Å². The molecule has 1 aliphatic heterocycles. The Balaban J connectivity index is 2.82. The lowest BCUT2D eigenvalue weighted by molar-refractivity contribution is -0.142. The Bertz CT molecular complexity index is 391.